The van der Waals surface area contributed by atoms with Crippen molar-refractivity contribution >= 4 is 5.91 Å². The van der Waals surface area contributed by atoms with Gasteiger partial charge in [0.1, 0.15) is 6.26 Å². The number of hydrogen-bond donors (Lipinski definition) is 0. The van der Waals surface area contributed by atoms with E-state index in [1.54, 1.807) is 12.3 Å². The first-order valence-corrected chi connectivity index (χ1v) is 8.11. The second kappa shape index (κ2) is 6.02. The first-order valence-electron chi connectivity index (χ1n) is 8.11. The highest BCUT2D eigenvalue weighted by atomic mass is 16.5. The Hall–Kier alpha value is -1.37. The number of ether oxygens (including phenoxy) is 2. The van der Waals surface area contributed by atoms with E-state index in [1.807, 2.05) is 4.90 Å². The van der Waals surface area contributed by atoms with Gasteiger partial charge in [0.25, 0.3) is 5.91 Å². The van der Waals surface area contributed by atoms with Crippen LogP contribution in [-0.2, 0) is 9.47 Å². The Labute approximate surface area is 129 Å². The quantitative estimate of drug-likeness (QED) is 0.815. The van der Waals surface area contributed by atoms with E-state index in [9.17, 15) is 4.79 Å². The summed E-state index contributed by atoms with van der Waals surface area (Å²) in [6.45, 7) is 4.91. The molecule has 6 nitrogen and oxygen atoms in total. The lowest BCUT2D eigenvalue weighted by molar-refractivity contribution is -0.0579. The van der Waals surface area contributed by atoms with Crippen molar-refractivity contribution < 1.29 is 18.7 Å². The summed E-state index contributed by atoms with van der Waals surface area (Å²) in [5, 5.41) is 0. The molecule has 1 aromatic rings. The molecule has 0 aromatic carbocycles. The van der Waals surface area contributed by atoms with Gasteiger partial charge >= 0.3 is 0 Å². The van der Waals surface area contributed by atoms with Gasteiger partial charge in [0, 0.05) is 26.2 Å². The lowest BCUT2D eigenvalue weighted by atomic mass is 9.99. The van der Waals surface area contributed by atoms with Crippen molar-refractivity contribution in [3.63, 3.8) is 0 Å². The average molecular weight is 306 g/mol. The molecule has 1 aromatic heterocycles. The van der Waals surface area contributed by atoms with Gasteiger partial charge in [0.05, 0.1) is 43.2 Å². The standard InChI is InChI=1S/C16H22N2O4/c19-16(12-3-7-21-11-12)18-10-14(17-4-8-20-9-5-17)15-13(18)2-1-6-22-15/h3,7,11,13-15H,1-2,4-6,8-10H2/t13-,14-,15+/m0/s1. The Bertz CT molecular complexity index is 512. The number of rotatable bonds is 2. The zero-order chi connectivity index (χ0) is 14.9. The fourth-order valence-electron chi connectivity index (χ4n) is 3.95. The van der Waals surface area contributed by atoms with Crippen molar-refractivity contribution in [2.45, 2.75) is 31.0 Å². The summed E-state index contributed by atoms with van der Waals surface area (Å²) >= 11 is 0. The minimum atomic E-state index is 0.0602. The number of nitrogens with zero attached hydrogens (tertiary/aromatic N) is 2. The Morgan fingerprint density at radius 3 is 2.82 bits per heavy atom. The van der Waals surface area contributed by atoms with E-state index in [0.717, 1.165) is 52.3 Å². The van der Waals surface area contributed by atoms with Gasteiger partial charge < -0.3 is 18.8 Å². The number of morpholine rings is 1. The summed E-state index contributed by atoms with van der Waals surface area (Å²) in [5.74, 6) is 0.0602. The minimum absolute atomic E-state index is 0.0602. The molecule has 4 rings (SSSR count). The number of likely N-dealkylation sites (tertiary alicyclic amines) is 1. The second-order valence-corrected chi connectivity index (χ2v) is 6.23. The summed E-state index contributed by atoms with van der Waals surface area (Å²) in [7, 11) is 0. The van der Waals surface area contributed by atoms with Crippen LogP contribution in [0.1, 0.15) is 23.2 Å². The third-order valence-corrected chi connectivity index (χ3v) is 5.04. The number of amides is 1. The summed E-state index contributed by atoms with van der Waals surface area (Å²) in [5.41, 5.74) is 0.631. The van der Waals surface area contributed by atoms with Gasteiger partial charge in [-0.1, -0.05) is 0 Å². The Morgan fingerprint density at radius 1 is 1.18 bits per heavy atom. The third kappa shape index (κ3) is 2.45. The van der Waals surface area contributed by atoms with Crippen LogP contribution in [0.2, 0.25) is 0 Å². The zero-order valence-corrected chi connectivity index (χ0v) is 12.6. The smallest absolute Gasteiger partial charge is 0.257 e. The van der Waals surface area contributed by atoms with Crippen LogP contribution in [0.3, 0.4) is 0 Å². The minimum Gasteiger partial charge on any atom is -0.472 e. The molecule has 0 N–H and O–H groups in total. The highest BCUT2D eigenvalue weighted by molar-refractivity contribution is 5.94. The molecule has 3 aliphatic rings. The SMILES string of the molecule is O=C(c1ccoc1)N1C[C@H](N2CCOCC2)[C@@H]2OCCC[C@@H]21. The van der Waals surface area contributed by atoms with Crippen LogP contribution in [0.15, 0.2) is 23.0 Å². The molecule has 4 heterocycles. The van der Waals surface area contributed by atoms with Crippen LogP contribution in [-0.4, -0.2) is 73.3 Å². The lowest BCUT2D eigenvalue weighted by Gasteiger charge is -2.37. The zero-order valence-electron chi connectivity index (χ0n) is 12.6. The van der Waals surface area contributed by atoms with E-state index in [4.69, 9.17) is 13.9 Å². The molecule has 22 heavy (non-hydrogen) atoms. The average Bonchev–Trinajstić information content (AvgIpc) is 3.23. The first kappa shape index (κ1) is 14.2. The molecule has 0 radical (unpaired) electrons. The fraction of sp³-hybridized carbons (Fsp3) is 0.688. The summed E-state index contributed by atoms with van der Waals surface area (Å²) < 4.78 is 16.6. The van der Waals surface area contributed by atoms with Gasteiger partial charge in [0.2, 0.25) is 0 Å². The summed E-state index contributed by atoms with van der Waals surface area (Å²) in [4.78, 5) is 17.2. The topological polar surface area (TPSA) is 55.2 Å². The lowest BCUT2D eigenvalue weighted by Crippen LogP contribution is -2.51. The monoisotopic (exact) mass is 306 g/mol. The number of carbonyl (C=O) groups excluding carboxylic acids is 1. The molecule has 0 bridgehead atoms. The second-order valence-electron chi connectivity index (χ2n) is 6.23. The van der Waals surface area contributed by atoms with Crippen LogP contribution < -0.4 is 0 Å². The molecule has 6 heteroatoms. The third-order valence-electron chi connectivity index (χ3n) is 5.04. The van der Waals surface area contributed by atoms with Crippen LogP contribution in [0.25, 0.3) is 0 Å². The molecule has 3 atom stereocenters. The highest BCUT2D eigenvalue weighted by Gasteiger charge is 2.48. The molecule has 0 spiro atoms. The molecule has 1 amide bonds. The molecule has 0 aliphatic carbocycles. The fourth-order valence-corrected chi connectivity index (χ4v) is 3.95. The number of furan rings is 1. The van der Waals surface area contributed by atoms with Crippen molar-refractivity contribution in [2.75, 3.05) is 39.5 Å². The van der Waals surface area contributed by atoms with Crippen LogP contribution in [0.4, 0.5) is 0 Å². The van der Waals surface area contributed by atoms with E-state index in [2.05, 4.69) is 4.90 Å². The van der Waals surface area contributed by atoms with Crippen molar-refractivity contribution in [3.8, 4) is 0 Å². The molecular weight excluding hydrogens is 284 g/mol. The molecule has 120 valence electrons. The molecule has 3 aliphatic heterocycles. The number of fused-ring (bicyclic) bond motifs is 1. The molecule has 0 unspecified atom stereocenters. The van der Waals surface area contributed by atoms with Gasteiger partial charge in [-0.2, -0.15) is 0 Å². The summed E-state index contributed by atoms with van der Waals surface area (Å²) in [6.07, 6.45) is 5.25. The van der Waals surface area contributed by atoms with Crippen molar-refractivity contribution in [3.05, 3.63) is 24.2 Å². The first-order chi connectivity index (χ1) is 10.8. The normalized spacial score (nSPS) is 32.9. The van der Waals surface area contributed by atoms with E-state index in [0.29, 0.717) is 5.56 Å². The molecule has 3 fully saturated rings. The summed E-state index contributed by atoms with van der Waals surface area (Å²) in [6, 6.07) is 2.21. The van der Waals surface area contributed by atoms with Crippen LogP contribution in [0.5, 0.6) is 0 Å². The van der Waals surface area contributed by atoms with E-state index >= 15 is 0 Å². The van der Waals surface area contributed by atoms with Gasteiger partial charge in [-0.25, -0.2) is 0 Å². The molecule has 3 saturated heterocycles. The Morgan fingerprint density at radius 2 is 2.05 bits per heavy atom. The maximum atomic E-state index is 12.8. The molecular formula is C16H22N2O4. The van der Waals surface area contributed by atoms with Crippen LogP contribution in [0, 0.1) is 0 Å². The maximum Gasteiger partial charge on any atom is 0.257 e. The Kier molecular flexibility index (Phi) is 3.90. The van der Waals surface area contributed by atoms with E-state index in [1.165, 1.54) is 6.26 Å². The number of carbonyl (C=O) groups is 1. The molecule has 0 saturated carbocycles. The van der Waals surface area contributed by atoms with Crippen molar-refractivity contribution in [1.29, 1.82) is 0 Å². The predicted molar refractivity (Wildman–Crippen MR) is 78.7 cm³/mol. The highest BCUT2D eigenvalue weighted by Crippen LogP contribution is 2.33. The van der Waals surface area contributed by atoms with Crippen molar-refractivity contribution in [2.24, 2.45) is 0 Å². The van der Waals surface area contributed by atoms with Crippen LogP contribution >= 0.6 is 0 Å². The largest absolute Gasteiger partial charge is 0.472 e. The number of hydrogen-bond acceptors (Lipinski definition) is 5. The van der Waals surface area contributed by atoms with E-state index in [-0.39, 0.29) is 24.1 Å². The maximum absolute atomic E-state index is 12.8. The van der Waals surface area contributed by atoms with E-state index < -0.39 is 0 Å². The Balaban J connectivity index is 1.56. The van der Waals surface area contributed by atoms with Gasteiger partial charge in [-0.3, -0.25) is 9.69 Å². The van der Waals surface area contributed by atoms with Gasteiger partial charge in [-0.05, 0) is 18.9 Å². The van der Waals surface area contributed by atoms with Gasteiger partial charge in [0.15, 0.2) is 0 Å². The van der Waals surface area contributed by atoms with Gasteiger partial charge in [-0.15, -0.1) is 0 Å². The predicted octanol–water partition coefficient (Wildman–Crippen LogP) is 0.984. The van der Waals surface area contributed by atoms with Crippen molar-refractivity contribution in [1.82, 2.24) is 9.80 Å².